The number of allylic oxidation sites excluding steroid dienone is 2. The van der Waals surface area contributed by atoms with Crippen molar-refractivity contribution in [3.05, 3.63) is 114 Å². The SMILES string of the molecule is O=S(=O)(Nc1cccc2ccccc12)c1ccc2c(c1)[C@H]1C=CC[C@H]1[C@@H](c1ccccc1C(F)(F)F)N2. The van der Waals surface area contributed by atoms with Crippen LogP contribution in [-0.4, -0.2) is 8.42 Å². The molecule has 37 heavy (non-hydrogen) atoms. The van der Waals surface area contributed by atoms with Gasteiger partial charge in [0.25, 0.3) is 10.0 Å². The van der Waals surface area contributed by atoms with Gasteiger partial charge in [-0.1, -0.05) is 66.7 Å². The highest BCUT2D eigenvalue weighted by Crippen LogP contribution is 2.51. The van der Waals surface area contributed by atoms with E-state index in [0.717, 1.165) is 22.4 Å². The van der Waals surface area contributed by atoms with Gasteiger partial charge in [-0.15, -0.1) is 0 Å². The largest absolute Gasteiger partial charge is 0.416 e. The Kier molecular flexibility index (Phi) is 5.53. The number of hydrogen-bond acceptors (Lipinski definition) is 3. The highest BCUT2D eigenvalue weighted by molar-refractivity contribution is 7.92. The van der Waals surface area contributed by atoms with Crippen molar-refractivity contribution in [2.75, 3.05) is 10.0 Å². The first kappa shape index (κ1) is 23.6. The van der Waals surface area contributed by atoms with Crippen molar-refractivity contribution in [1.29, 1.82) is 0 Å². The molecule has 4 aromatic rings. The van der Waals surface area contributed by atoms with Gasteiger partial charge in [-0.3, -0.25) is 4.72 Å². The quantitative estimate of drug-likeness (QED) is 0.274. The Balaban J connectivity index is 1.37. The van der Waals surface area contributed by atoms with Gasteiger partial charge in [0, 0.05) is 17.0 Å². The zero-order valence-corrected chi connectivity index (χ0v) is 20.4. The molecule has 0 aromatic heterocycles. The number of rotatable bonds is 4. The molecule has 0 saturated heterocycles. The lowest BCUT2D eigenvalue weighted by molar-refractivity contribution is -0.138. The third-order valence-electron chi connectivity index (χ3n) is 7.28. The van der Waals surface area contributed by atoms with Crippen molar-refractivity contribution in [2.45, 2.75) is 29.5 Å². The predicted molar refractivity (Wildman–Crippen MR) is 139 cm³/mol. The van der Waals surface area contributed by atoms with Crippen LogP contribution in [0.15, 0.2) is 102 Å². The first-order valence-corrected chi connectivity index (χ1v) is 13.4. The number of sulfonamides is 1. The van der Waals surface area contributed by atoms with Gasteiger partial charge in [0.15, 0.2) is 0 Å². The standard InChI is InChI=1S/C29H23F3N2O2S/c30-29(31,32)25-13-4-3-10-23(25)28-22-12-6-11-21(22)24-17-19(15-16-26(24)33-28)37(35,36)34-27-14-5-8-18-7-1-2-9-20(18)27/h1-11,13-17,21-22,28,33-34H,12H2/t21-,22+,28-/m0/s1. The first-order valence-electron chi connectivity index (χ1n) is 12.0. The average molecular weight is 521 g/mol. The van der Waals surface area contributed by atoms with Crippen LogP contribution in [0, 0.1) is 5.92 Å². The topological polar surface area (TPSA) is 58.2 Å². The third kappa shape index (κ3) is 4.15. The molecule has 3 atom stereocenters. The molecule has 0 fully saturated rings. The molecule has 0 saturated carbocycles. The summed E-state index contributed by atoms with van der Waals surface area (Å²) in [6, 6.07) is 22.8. The molecule has 0 radical (unpaired) electrons. The number of nitrogens with one attached hydrogen (secondary N) is 2. The number of anilines is 2. The van der Waals surface area contributed by atoms with Crippen molar-refractivity contribution in [1.82, 2.24) is 0 Å². The van der Waals surface area contributed by atoms with Crippen molar-refractivity contribution in [3.63, 3.8) is 0 Å². The van der Waals surface area contributed by atoms with E-state index in [4.69, 9.17) is 0 Å². The highest BCUT2D eigenvalue weighted by Gasteiger charge is 2.42. The second-order valence-corrected chi connectivity index (χ2v) is 11.1. The van der Waals surface area contributed by atoms with Crippen LogP contribution < -0.4 is 10.0 Å². The van der Waals surface area contributed by atoms with E-state index >= 15 is 0 Å². The van der Waals surface area contributed by atoms with Crippen molar-refractivity contribution >= 4 is 32.2 Å². The van der Waals surface area contributed by atoms with Gasteiger partial charge in [-0.05, 0) is 59.2 Å². The minimum atomic E-state index is -4.47. The van der Waals surface area contributed by atoms with Crippen LogP contribution in [0.25, 0.3) is 10.8 Å². The summed E-state index contributed by atoms with van der Waals surface area (Å²) in [6.45, 7) is 0. The smallest absolute Gasteiger partial charge is 0.378 e. The Morgan fingerprint density at radius 3 is 2.46 bits per heavy atom. The van der Waals surface area contributed by atoms with E-state index in [1.54, 1.807) is 30.3 Å². The first-order chi connectivity index (χ1) is 17.7. The number of alkyl halides is 3. The maximum absolute atomic E-state index is 13.8. The van der Waals surface area contributed by atoms with E-state index in [1.807, 2.05) is 42.5 Å². The van der Waals surface area contributed by atoms with E-state index in [0.29, 0.717) is 17.8 Å². The molecular formula is C29H23F3N2O2S. The van der Waals surface area contributed by atoms with Crippen LogP contribution in [0.5, 0.6) is 0 Å². The van der Waals surface area contributed by atoms with E-state index in [-0.39, 0.29) is 22.3 Å². The van der Waals surface area contributed by atoms with Crippen molar-refractivity contribution in [2.24, 2.45) is 5.92 Å². The molecule has 4 nitrogen and oxygen atoms in total. The van der Waals surface area contributed by atoms with E-state index in [1.165, 1.54) is 18.2 Å². The average Bonchev–Trinajstić information content (AvgIpc) is 3.38. The van der Waals surface area contributed by atoms with Gasteiger partial charge < -0.3 is 5.32 Å². The zero-order valence-electron chi connectivity index (χ0n) is 19.5. The van der Waals surface area contributed by atoms with Gasteiger partial charge in [0.05, 0.1) is 22.2 Å². The molecule has 1 heterocycles. The lowest BCUT2D eigenvalue weighted by Gasteiger charge is -2.38. The second kappa shape index (κ2) is 8.66. The molecule has 6 rings (SSSR count). The fourth-order valence-electron chi connectivity index (χ4n) is 5.59. The van der Waals surface area contributed by atoms with Crippen LogP contribution >= 0.6 is 0 Å². The van der Waals surface area contributed by atoms with Gasteiger partial charge in [-0.25, -0.2) is 8.42 Å². The maximum atomic E-state index is 13.8. The van der Waals surface area contributed by atoms with Gasteiger partial charge >= 0.3 is 6.18 Å². The molecule has 2 N–H and O–H groups in total. The maximum Gasteiger partial charge on any atom is 0.416 e. The summed E-state index contributed by atoms with van der Waals surface area (Å²) in [4.78, 5) is 0.106. The van der Waals surface area contributed by atoms with Gasteiger partial charge in [-0.2, -0.15) is 13.2 Å². The zero-order chi connectivity index (χ0) is 25.8. The minimum absolute atomic E-state index is 0.106. The minimum Gasteiger partial charge on any atom is -0.378 e. The molecule has 188 valence electrons. The fraction of sp³-hybridized carbons (Fsp3) is 0.172. The summed E-state index contributed by atoms with van der Waals surface area (Å²) < 4.78 is 70.9. The molecule has 8 heteroatoms. The van der Waals surface area contributed by atoms with Crippen molar-refractivity contribution in [3.8, 4) is 0 Å². The lowest BCUT2D eigenvalue weighted by Crippen LogP contribution is -2.31. The van der Waals surface area contributed by atoms with Gasteiger partial charge in [0.1, 0.15) is 0 Å². The molecule has 0 bridgehead atoms. The highest BCUT2D eigenvalue weighted by atomic mass is 32.2. The van der Waals surface area contributed by atoms with Crippen LogP contribution in [0.3, 0.4) is 0 Å². The van der Waals surface area contributed by atoms with Gasteiger partial charge in [0.2, 0.25) is 0 Å². The Morgan fingerprint density at radius 1 is 0.865 bits per heavy atom. The number of halogens is 3. The predicted octanol–water partition coefficient (Wildman–Crippen LogP) is 7.49. The fourth-order valence-corrected chi connectivity index (χ4v) is 6.71. The van der Waals surface area contributed by atoms with Crippen LogP contribution in [-0.2, 0) is 16.2 Å². The van der Waals surface area contributed by atoms with Crippen LogP contribution in [0.2, 0.25) is 0 Å². The number of benzene rings is 4. The molecule has 0 amide bonds. The van der Waals surface area contributed by atoms with E-state index in [2.05, 4.69) is 10.0 Å². The summed E-state index contributed by atoms with van der Waals surface area (Å²) in [5.41, 5.74) is 1.43. The monoisotopic (exact) mass is 520 g/mol. The number of fused-ring (bicyclic) bond motifs is 4. The molecule has 1 aliphatic heterocycles. The Hall–Kier alpha value is -3.78. The van der Waals surface area contributed by atoms with Crippen molar-refractivity contribution < 1.29 is 21.6 Å². The Bertz CT molecular complexity index is 1640. The summed E-state index contributed by atoms with van der Waals surface area (Å²) in [6.07, 6.45) is 0.0669. The molecule has 4 aromatic carbocycles. The second-order valence-electron chi connectivity index (χ2n) is 9.44. The lowest BCUT2D eigenvalue weighted by atomic mass is 9.76. The summed E-state index contributed by atoms with van der Waals surface area (Å²) >= 11 is 0. The third-order valence-corrected chi connectivity index (χ3v) is 8.64. The molecule has 1 aliphatic carbocycles. The number of hydrogen-bond donors (Lipinski definition) is 2. The Morgan fingerprint density at radius 2 is 1.62 bits per heavy atom. The summed E-state index contributed by atoms with van der Waals surface area (Å²) in [5.74, 6) is -0.366. The molecular weight excluding hydrogens is 497 g/mol. The summed E-state index contributed by atoms with van der Waals surface area (Å²) in [7, 11) is -3.91. The molecule has 2 aliphatic rings. The van der Waals surface area contributed by atoms with E-state index < -0.39 is 27.8 Å². The normalized spacial score (nSPS) is 20.8. The summed E-state index contributed by atoms with van der Waals surface area (Å²) in [5, 5.41) is 5.00. The Labute approximate surface area is 212 Å². The van der Waals surface area contributed by atoms with E-state index in [9.17, 15) is 21.6 Å². The van der Waals surface area contributed by atoms with Crippen LogP contribution in [0.4, 0.5) is 24.5 Å². The molecule has 0 spiro atoms. The molecule has 0 unspecified atom stereocenters. The van der Waals surface area contributed by atoms with Crippen LogP contribution in [0.1, 0.15) is 35.1 Å².